The van der Waals surface area contributed by atoms with E-state index in [1.54, 1.807) is 0 Å². The van der Waals surface area contributed by atoms with Crippen LogP contribution in [0, 0.1) is 0 Å². The van der Waals surface area contributed by atoms with Crippen LogP contribution in [0.5, 0.6) is 0 Å². The minimum atomic E-state index is -0.0681. The molecule has 1 atom stereocenters. The van der Waals surface area contributed by atoms with Crippen LogP contribution in [-0.2, 0) is 4.74 Å². The first-order valence-electron chi connectivity index (χ1n) is 5.09. The summed E-state index contributed by atoms with van der Waals surface area (Å²) in [4.78, 5) is 0. The third kappa shape index (κ3) is 8.22. The Morgan fingerprint density at radius 1 is 1.38 bits per heavy atom. The summed E-state index contributed by atoms with van der Waals surface area (Å²) in [6.45, 7) is 9.04. The number of nitrogens with one attached hydrogen (secondary N) is 1. The Balaban J connectivity index is 3.59. The Morgan fingerprint density at radius 2 is 2.00 bits per heavy atom. The molecule has 0 aliphatic heterocycles. The van der Waals surface area contributed by atoms with Gasteiger partial charge >= 0.3 is 0 Å². The first-order valence-corrected chi connectivity index (χ1v) is 5.09. The number of hydrazine groups is 1. The average molecular weight is 188 g/mol. The SMILES string of the molecule is CCCCC(COC(C)(C)C)NN. The molecule has 0 amide bonds. The van der Waals surface area contributed by atoms with Gasteiger partial charge in [0, 0.05) is 6.04 Å². The lowest BCUT2D eigenvalue weighted by Crippen LogP contribution is -2.40. The minimum Gasteiger partial charge on any atom is -0.374 e. The summed E-state index contributed by atoms with van der Waals surface area (Å²) >= 11 is 0. The smallest absolute Gasteiger partial charge is 0.0640 e. The molecule has 3 N–H and O–H groups in total. The lowest BCUT2D eigenvalue weighted by atomic mass is 10.1. The predicted octanol–water partition coefficient (Wildman–Crippen LogP) is 1.82. The molecule has 0 aromatic heterocycles. The molecule has 0 spiro atoms. The van der Waals surface area contributed by atoms with E-state index < -0.39 is 0 Å². The highest BCUT2D eigenvalue weighted by molar-refractivity contribution is 4.66. The fraction of sp³-hybridized carbons (Fsp3) is 1.00. The third-order valence-corrected chi connectivity index (χ3v) is 1.86. The number of ether oxygens (including phenoxy) is 1. The molecular formula is C10H24N2O. The van der Waals surface area contributed by atoms with Crippen molar-refractivity contribution in [1.82, 2.24) is 5.43 Å². The molecule has 0 aliphatic carbocycles. The molecule has 0 heterocycles. The normalized spacial score (nSPS) is 14.5. The molecule has 0 saturated carbocycles. The summed E-state index contributed by atoms with van der Waals surface area (Å²) in [6.07, 6.45) is 3.49. The van der Waals surface area contributed by atoms with E-state index in [0.29, 0.717) is 12.6 Å². The maximum atomic E-state index is 5.64. The van der Waals surface area contributed by atoms with E-state index in [2.05, 4.69) is 33.1 Å². The van der Waals surface area contributed by atoms with E-state index in [-0.39, 0.29) is 5.60 Å². The summed E-state index contributed by atoms with van der Waals surface area (Å²) in [5, 5.41) is 0. The monoisotopic (exact) mass is 188 g/mol. The van der Waals surface area contributed by atoms with Crippen LogP contribution in [0.15, 0.2) is 0 Å². The Labute approximate surface area is 82.0 Å². The van der Waals surface area contributed by atoms with Crippen molar-refractivity contribution in [2.24, 2.45) is 5.84 Å². The van der Waals surface area contributed by atoms with Crippen LogP contribution in [0.1, 0.15) is 47.0 Å². The molecule has 80 valence electrons. The fourth-order valence-corrected chi connectivity index (χ4v) is 1.02. The zero-order valence-corrected chi connectivity index (χ0v) is 9.39. The summed E-state index contributed by atoms with van der Waals surface area (Å²) in [5.74, 6) is 5.41. The molecule has 3 nitrogen and oxygen atoms in total. The number of rotatable bonds is 6. The van der Waals surface area contributed by atoms with Gasteiger partial charge in [-0.1, -0.05) is 19.8 Å². The molecule has 0 rings (SSSR count). The molecule has 0 aromatic carbocycles. The van der Waals surface area contributed by atoms with Crippen LogP contribution >= 0.6 is 0 Å². The third-order valence-electron chi connectivity index (χ3n) is 1.86. The van der Waals surface area contributed by atoms with Crippen molar-refractivity contribution in [3.05, 3.63) is 0 Å². The first kappa shape index (κ1) is 12.9. The van der Waals surface area contributed by atoms with Gasteiger partial charge in [0.2, 0.25) is 0 Å². The van der Waals surface area contributed by atoms with Gasteiger partial charge in [0.25, 0.3) is 0 Å². The predicted molar refractivity (Wildman–Crippen MR) is 56.3 cm³/mol. The Bertz CT molecular complexity index is 121. The van der Waals surface area contributed by atoms with Crippen LogP contribution in [-0.4, -0.2) is 18.2 Å². The fourth-order valence-electron chi connectivity index (χ4n) is 1.02. The average Bonchev–Trinajstić information content (AvgIpc) is 2.03. The van der Waals surface area contributed by atoms with Gasteiger partial charge in [0.05, 0.1) is 12.2 Å². The Morgan fingerprint density at radius 3 is 2.38 bits per heavy atom. The zero-order chi connectivity index (χ0) is 10.3. The van der Waals surface area contributed by atoms with Crippen molar-refractivity contribution in [2.45, 2.75) is 58.6 Å². The summed E-state index contributed by atoms with van der Waals surface area (Å²) < 4.78 is 5.64. The highest BCUT2D eigenvalue weighted by atomic mass is 16.5. The Hall–Kier alpha value is -0.120. The minimum absolute atomic E-state index is 0.0681. The number of unbranched alkanes of at least 4 members (excludes halogenated alkanes) is 1. The second-order valence-electron chi connectivity index (χ2n) is 4.43. The van der Waals surface area contributed by atoms with Crippen molar-refractivity contribution >= 4 is 0 Å². The summed E-state index contributed by atoms with van der Waals surface area (Å²) in [6, 6.07) is 0.291. The molecule has 3 heteroatoms. The highest BCUT2D eigenvalue weighted by Crippen LogP contribution is 2.09. The van der Waals surface area contributed by atoms with Gasteiger partial charge in [-0.15, -0.1) is 0 Å². The molecular weight excluding hydrogens is 164 g/mol. The van der Waals surface area contributed by atoms with E-state index in [4.69, 9.17) is 10.6 Å². The van der Waals surface area contributed by atoms with Crippen molar-refractivity contribution in [1.29, 1.82) is 0 Å². The largest absolute Gasteiger partial charge is 0.374 e. The molecule has 0 aromatic rings. The zero-order valence-electron chi connectivity index (χ0n) is 9.39. The summed E-state index contributed by atoms with van der Waals surface area (Å²) in [5.41, 5.74) is 2.72. The van der Waals surface area contributed by atoms with Crippen molar-refractivity contribution in [3.8, 4) is 0 Å². The standard InChI is InChI=1S/C10H24N2O/c1-5-6-7-9(12-11)8-13-10(2,3)4/h9,12H,5-8,11H2,1-4H3. The second-order valence-corrected chi connectivity index (χ2v) is 4.43. The van der Waals surface area contributed by atoms with E-state index in [9.17, 15) is 0 Å². The molecule has 0 radical (unpaired) electrons. The maximum absolute atomic E-state index is 5.64. The van der Waals surface area contributed by atoms with Crippen molar-refractivity contribution < 1.29 is 4.74 Å². The van der Waals surface area contributed by atoms with E-state index in [0.717, 1.165) is 6.42 Å². The van der Waals surface area contributed by atoms with Crippen LogP contribution in [0.25, 0.3) is 0 Å². The lowest BCUT2D eigenvalue weighted by Gasteiger charge is -2.23. The molecule has 0 aliphatic rings. The van der Waals surface area contributed by atoms with Gasteiger partial charge in [-0.25, -0.2) is 0 Å². The van der Waals surface area contributed by atoms with Gasteiger partial charge in [-0.3, -0.25) is 11.3 Å². The molecule has 13 heavy (non-hydrogen) atoms. The second kappa shape index (κ2) is 6.35. The highest BCUT2D eigenvalue weighted by Gasteiger charge is 2.13. The number of nitrogens with two attached hydrogens (primary N) is 1. The van der Waals surface area contributed by atoms with E-state index >= 15 is 0 Å². The first-order chi connectivity index (χ1) is 5.99. The molecule has 0 saturated heterocycles. The quantitative estimate of drug-likeness (QED) is 0.494. The maximum Gasteiger partial charge on any atom is 0.0640 e. The van der Waals surface area contributed by atoms with Gasteiger partial charge in [0.1, 0.15) is 0 Å². The van der Waals surface area contributed by atoms with Crippen molar-refractivity contribution in [2.75, 3.05) is 6.61 Å². The lowest BCUT2D eigenvalue weighted by molar-refractivity contribution is -0.0156. The van der Waals surface area contributed by atoms with Gasteiger partial charge < -0.3 is 4.74 Å². The van der Waals surface area contributed by atoms with Gasteiger partial charge in [-0.05, 0) is 27.2 Å². The number of hydrogen-bond donors (Lipinski definition) is 2. The molecule has 1 unspecified atom stereocenters. The van der Waals surface area contributed by atoms with Crippen molar-refractivity contribution in [3.63, 3.8) is 0 Å². The molecule has 0 bridgehead atoms. The van der Waals surface area contributed by atoms with Crippen LogP contribution in [0.3, 0.4) is 0 Å². The van der Waals surface area contributed by atoms with Crippen LogP contribution in [0.4, 0.5) is 0 Å². The Kier molecular flexibility index (Phi) is 6.29. The van der Waals surface area contributed by atoms with Gasteiger partial charge in [0.15, 0.2) is 0 Å². The van der Waals surface area contributed by atoms with E-state index in [1.807, 2.05) is 0 Å². The summed E-state index contributed by atoms with van der Waals surface area (Å²) in [7, 11) is 0. The van der Waals surface area contributed by atoms with Gasteiger partial charge in [-0.2, -0.15) is 0 Å². The van der Waals surface area contributed by atoms with E-state index in [1.165, 1.54) is 12.8 Å². The van der Waals surface area contributed by atoms with Crippen LogP contribution < -0.4 is 11.3 Å². The van der Waals surface area contributed by atoms with Crippen LogP contribution in [0.2, 0.25) is 0 Å². The molecule has 0 fully saturated rings. The number of hydrogen-bond acceptors (Lipinski definition) is 3. The topological polar surface area (TPSA) is 47.3 Å².